The van der Waals surface area contributed by atoms with Crippen molar-refractivity contribution in [3.8, 4) is 0 Å². The summed E-state index contributed by atoms with van der Waals surface area (Å²) < 4.78 is 2.18. The van der Waals surface area contributed by atoms with Gasteiger partial charge in [-0.2, -0.15) is 0 Å². The predicted octanol–water partition coefficient (Wildman–Crippen LogP) is 1.83. The van der Waals surface area contributed by atoms with Crippen LogP contribution < -0.4 is 5.73 Å². The second kappa shape index (κ2) is 4.37. The number of hydrogen-bond donors (Lipinski definition) is 2. The van der Waals surface area contributed by atoms with Crippen molar-refractivity contribution in [1.29, 1.82) is 0 Å². The summed E-state index contributed by atoms with van der Waals surface area (Å²) in [6.07, 6.45) is 3.21. The number of hydrogen-bond acceptors (Lipinski definition) is 3. The highest BCUT2D eigenvalue weighted by molar-refractivity contribution is 5.77. The molecule has 0 radical (unpaired) electrons. The van der Waals surface area contributed by atoms with E-state index in [-0.39, 0.29) is 6.54 Å². The summed E-state index contributed by atoms with van der Waals surface area (Å²) >= 11 is 0. The summed E-state index contributed by atoms with van der Waals surface area (Å²) in [5.41, 5.74) is 8.43. The number of imidazole rings is 1. The highest BCUT2D eigenvalue weighted by Crippen LogP contribution is 2.36. The first-order valence-electron chi connectivity index (χ1n) is 6.55. The number of benzene rings is 1. The number of aromatic nitrogens is 2. The fourth-order valence-corrected chi connectivity index (χ4v) is 2.61. The lowest BCUT2D eigenvalue weighted by Gasteiger charge is -2.24. The summed E-state index contributed by atoms with van der Waals surface area (Å²) in [5.74, 6) is 1.79. The maximum Gasteiger partial charge on any atom is 0.112 e. The molecular formula is C14H19N3O. The topological polar surface area (TPSA) is 64.1 Å². The second-order valence-corrected chi connectivity index (χ2v) is 5.16. The van der Waals surface area contributed by atoms with E-state index in [4.69, 9.17) is 10.7 Å². The molecule has 0 spiro atoms. The molecule has 0 amide bonds. The third kappa shape index (κ3) is 1.72. The maximum absolute atomic E-state index is 9.77. The highest BCUT2D eigenvalue weighted by atomic mass is 16.3. The Morgan fingerprint density at radius 1 is 1.50 bits per heavy atom. The van der Waals surface area contributed by atoms with Crippen LogP contribution in [0.3, 0.4) is 0 Å². The Morgan fingerprint density at radius 3 is 2.89 bits per heavy atom. The van der Waals surface area contributed by atoms with E-state index in [0.29, 0.717) is 5.92 Å². The number of aliphatic hydroxyl groups excluding tert-OH is 1. The molecule has 0 saturated heterocycles. The van der Waals surface area contributed by atoms with Crippen molar-refractivity contribution in [3.05, 3.63) is 29.6 Å². The first kappa shape index (κ1) is 11.7. The van der Waals surface area contributed by atoms with Crippen molar-refractivity contribution >= 4 is 11.0 Å². The lowest BCUT2D eigenvalue weighted by atomic mass is 9.85. The smallest absolute Gasteiger partial charge is 0.112 e. The molecule has 3 N–H and O–H groups in total. The molecule has 1 aromatic heterocycles. The minimum absolute atomic E-state index is 0.244. The average Bonchev–Trinajstić information content (AvgIpc) is 2.63. The quantitative estimate of drug-likeness (QED) is 0.867. The third-order valence-electron chi connectivity index (χ3n) is 4.02. The lowest BCUT2D eigenvalue weighted by Crippen LogP contribution is -2.13. The van der Waals surface area contributed by atoms with E-state index in [0.717, 1.165) is 16.6 Å². The Kier molecular flexibility index (Phi) is 2.84. The van der Waals surface area contributed by atoms with Gasteiger partial charge in [0.25, 0.3) is 0 Å². The molecule has 1 aliphatic rings. The van der Waals surface area contributed by atoms with E-state index in [1.54, 1.807) is 0 Å². The van der Waals surface area contributed by atoms with Gasteiger partial charge in [0.1, 0.15) is 5.82 Å². The van der Waals surface area contributed by atoms with E-state index in [9.17, 15) is 5.11 Å². The molecule has 96 valence electrons. The molecule has 1 aliphatic carbocycles. The predicted molar refractivity (Wildman–Crippen MR) is 71.3 cm³/mol. The van der Waals surface area contributed by atoms with Crippen molar-refractivity contribution in [3.63, 3.8) is 0 Å². The minimum Gasteiger partial charge on any atom is -0.387 e. The van der Waals surface area contributed by atoms with Gasteiger partial charge in [-0.1, -0.05) is 12.5 Å². The molecule has 1 saturated carbocycles. The number of rotatable bonds is 3. The van der Waals surface area contributed by atoms with E-state index in [2.05, 4.69) is 11.6 Å². The standard InChI is InChI=1S/C14H19N3O/c1-17-12-6-5-10(13(18)8-15)7-11(12)16-14(17)9-3-2-4-9/h5-7,9,13,18H,2-4,8,15H2,1H3. The van der Waals surface area contributed by atoms with Gasteiger partial charge in [0, 0.05) is 19.5 Å². The van der Waals surface area contributed by atoms with Crippen LogP contribution in [-0.4, -0.2) is 21.2 Å². The zero-order valence-electron chi connectivity index (χ0n) is 10.6. The van der Waals surface area contributed by atoms with E-state index in [1.807, 2.05) is 18.2 Å². The van der Waals surface area contributed by atoms with Gasteiger partial charge in [0.15, 0.2) is 0 Å². The van der Waals surface area contributed by atoms with Crippen LogP contribution >= 0.6 is 0 Å². The fraction of sp³-hybridized carbons (Fsp3) is 0.500. The summed E-state index contributed by atoms with van der Waals surface area (Å²) in [7, 11) is 2.07. The van der Waals surface area contributed by atoms with Crippen LogP contribution in [0.4, 0.5) is 0 Å². The SMILES string of the molecule is Cn1c(C2CCC2)nc2cc(C(O)CN)ccc21. The number of nitrogens with two attached hydrogens (primary N) is 1. The number of aryl methyl sites for hydroxylation is 1. The van der Waals surface area contributed by atoms with Crippen molar-refractivity contribution in [2.45, 2.75) is 31.3 Å². The monoisotopic (exact) mass is 245 g/mol. The Morgan fingerprint density at radius 2 is 2.28 bits per heavy atom. The molecule has 18 heavy (non-hydrogen) atoms. The first-order valence-corrected chi connectivity index (χ1v) is 6.55. The molecule has 1 heterocycles. The second-order valence-electron chi connectivity index (χ2n) is 5.16. The van der Waals surface area contributed by atoms with Crippen LogP contribution in [0.1, 0.15) is 42.7 Å². The van der Waals surface area contributed by atoms with Crippen LogP contribution in [0, 0.1) is 0 Å². The van der Waals surface area contributed by atoms with Crippen molar-refractivity contribution in [2.75, 3.05) is 6.54 Å². The van der Waals surface area contributed by atoms with Gasteiger partial charge in [-0.05, 0) is 30.5 Å². The maximum atomic E-state index is 9.77. The number of aliphatic hydroxyl groups is 1. The summed E-state index contributed by atoms with van der Waals surface area (Å²) in [6.45, 7) is 0.244. The fourth-order valence-electron chi connectivity index (χ4n) is 2.61. The van der Waals surface area contributed by atoms with E-state index in [1.165, 1.54) is 25.1 Å². The Labute approximate surface area is 106 Å². The Bertz CT molecular complexity index is 572. The summed E-state index contributed by atoms with van der Waals surface area (Å²) in [5, 5.41) is 9.77. The van der Waals surface area contributed by atoms with E-state index < -0.39 is 6.10 Å². The van der Waals surface area contributed by atoms with Gasteiger partial charge >= 0.3 is 0 Å². The largest absolute Gasteiger partial charge is 0.387 e. The Hall–Kier alpha value is -1.39. The zero-order valence-corrected chi connectivity index (χ0v) is 10.6. The lowest BCUT2D eigenvalue weighted by molar-refractivity contribution is 0.187. The highest BCUT2D eigenvalue weighted by Gasteiger charge is 2.24. The number of fused-ring (bicyclic) bond motifs is 1. The van der Waals surface area contributed by atoms with Crippen LogP contribution in [0.15, 0.2) is 18.2 Å². The molecule has 0 aliphatic heterocycles. The van der Waals surface area contributed by atoms with Gasteiger partial charge in [0.05, 0.1) is 17.1 Å². The molecule has 4 nitrogen and oxygen atoms in total. The summed E-state index contributed by atoms with van der Waals surface area (Å²) in [6, 6.07) is 5.92. The van der Waals surface area contributed by atoms with Gasteiger partial charge in [-0.3, -0.25) is 0 Å². The molecule has 4 heteroatoms. The van der Waals surface area contributed by atoms with Crippen LogP contribution in [-0.2, 0) is 7.05 Å². The molecule has 1 aromatic carbocycles. The Balaban J connectivity index is 2.06. The van der Waals surface area contributed by atoms with Crippen LogP contribution in [0.25, 0.3) is 11.0 Å². The minimum atomic E-state index is -0.594. The molecular weight excluding hydrogens is 226 g/mol. The van der Waals surface area contributed by atoms with Crippen molar-refractivity contribution < 1.29 is 5.11 Å². The summed E-state index contributed by atoms with van der Waals surface area (Å²) in [4.78, 5) is 4.72. The first-order chi connectivity index (χ1) is 8.70. The van der Waals surface area contributed by atoms with Gasteiger partial charge in [-0.25, -0.2) is 4.98 Å². The van der Waals surface area contributed by atoms with Crippen LogP contribution in [0.2, 0.25) is 0 Å². The average molecular weight is 245 g/mol. The van der Waals surface area contributed by atoms with E-state index >= 15 is 0 Å². The van der Waals surface area contributed by atoms with Gasteiger partial charge in [-0.15, -0.1) is 0 Å². The molecule has 2 aromatic rings. The van der Waals surface area contributed by atoms with Crippen molar-refractivity contribution in [2.24, 2.45) is 12.8 Å². The third-order valence-corrected chi connectivity index (χ3v) is 4.02. The molecule has 3 rings (SSSR count). The molecule has 1 fully saturated rings. The van der Waals surface area contributed by atoms with Gasteiger partial charge in [0.2, 0.25) is 0 Å². The molecule has 1 atom stereocenters. The molecule has 0 bridgehead atoms. The van der Waals surface area contributed by atoms with Gasteiger partial charge < -0.3 is 15.4 Å². The normalized spacial score (nSPS) is 17.9. The van der Waals surface area contributed by atoms with Crippen molar-refractivity contribution in [1.82, 2.24) is 9.55 Å². The molecule has 1 unspecified atom stereocenters. The van der Waals surface area contributed by atoms with Crippen LogP contribution in [0.5, 0.6) is 0 Å². The zero-order chi connectivity index (χ0) is 12.7. The number of nitrogens with zero attached hydrogens (tertiary/aromatic N) is 2.